The molecule has 0 unspecified atom stereocenters. The number of carbonyl (C=O) groups is 1. The highest BCUT2D eigenvalue weighted by Gasteiger charge is 2.20. The number of hydrogen-bond acceptors (Lipinski definition) is 5. The zero-order valence-electron chi connectivity index (χ0n) is 15.4. The third-order valence-electron chi connectivity index (χ3n) is 3.80. The minimum atomic E-state index is -0.0220. The average Bonchev–Trinajstić information content (AvgIpc) is 2.94. The molecule has 8 nitrogen and oxygen atoms in total. The third kappa shape index (κ3) is 7.18. The predicted octanol–water partition coefficient (Wildman–Crippen LogP) is 0.819. The molecule has 2 rings (SSSR count). The van der Waals surface area contributed by atoms with Crippen LogP contribution in [-0.4, -0.2) is 72.6 Å². The van der Waals surface area contributed by atoms with Crippen LogP contribution in [0.1, 0.15) is 25.3 Å². The van der Waals surface area contributed by atoms with Crippen LogP contribution in [0.2, 0.25) is 0 Å². The van der Waals surface area contributed by atoms with E-state index in [4.69, 9.17) is 4.52 Å². The van der Waals surface area contributed by atoms with Gasteiger partial charge >= 0.3 is 0 Å². The lowest BCUT2D eigenvalue weighted by Crippen LogP contribution is -2.53. The van der Waals surface area contributed by atoms with Gasteiger partial charge in [-0.1, -0.05) is 5.16 Å². The van der Waals surface area contributed by atoms with E-state index in [1.807, 2.05) is 26.8 Å². The van der Waals surface area contributed by atoms with Crippen LogP contribution < -0.4 is 10.6 Å². The second-order valence-electron chi connectivity index (χ2n) is 6.32. The smallest absolute Gasteiger partial charge is 0.239 e. The summed E-state index contributed by atoms with van der Waals surface area (Å²) < 4.78 is 5.11. The van der Waals surface area contributed by atoms with Crippen molar-refractivity contribution in [3.8, 4) is 0 Å². The van der Waals surface area contributed by atoms with Crippen LogP contribution in [0.3, 0.4) is 0 Å². The number of nitrogens with zero attached hydrogens (tertiary/aromatic N) is 4. The molecule has 2 heterocycles. The maximum Gasteiger partial charge on any atom is 0.239 e. The van der Waals surface area contributed by atoms with E-state index in [-0.39, 0.29) is 42.5 Å². The lowest BCUT2D eigenvalue weighted by molar-refractivity contribution is -0.120. The van der Waals surface area contributed by atoms with E-state index in [9.17, 15) is 4.79 Å². The quantitative estimate of drug-likeness (QED) is 0.382. The van der Waals surface area contributed by atoms with Crippen LogP contribution in [0.5, 0.6) is 0 Å². The molecule has 1 aromatic heterocycles. The average molecular weight is 464 g/mol. The molecule has 2 N–H and O–H groups in total. The first kappa shape index (κ1) is 21.7. The largest absolute Gasteiger partial charge is 0.361 e. The van der Waals surface area contributed by atoms with Crippen LogP contribution in [0.25, 0.3) is 0 Å². The Hall–Kier alpha value is -1.36. The Bertz CT molecular complexity index is 567. The van der Waals surface area contributed by atoms with Crippen molar-refractivity contribution in [2.24, 2.45) is 4.99 Å². The van der Waals surface area contributed by atoms with E-state index in [1.165, 1.54) is 0 Å². The first-order valence-electron chi connectivity index (χ1n) is 8.37. The second kappa shape index (κ2) is 10.6. The number of rotatable bonds is 5. The van der Waals surface area contributed by atoms with Crippen molar-refractivity contribution in [2.75, 3.05) is 39.8 Å². The first-order chi connectivity index (χ1) is 11.5. The number of hydrogen-bond donors (Lipinski definition) is 2. The Morgan fingerprint density at radius 3 is 2.56 bits per heavy atom. The number of halogens is 1. The number of carbonyl (C=O) groups excluding carboxylic acids is 1. The lowest BCUT2D eigenvalue weighted by atomic mass is 10.3. The maximum absolute atomic E-state index is 11.7. The number of piperazine rings is 1. The van der Waals surface area contributed by atoms with Gasteiger partial charge in [0.25, 0.3) is 0 Å². The Morgan fingerprint density at radius 1 is 1.36 bits per heavy atom. The van der Waals surface area contributed by atoms with E-state index in [2.05, 4.69) is 30.6 Å². The minimum Gasteiger partial charge on any atom is -0.361 e. The van der Waals surface area contributed by atoms with Crippen molar-refractivity contribution in [2.45, 2.75) is 33.4 Å². The number of aliphatic imine (C=N–C) groups is 1. The summed E-state index contributed by atoms with van der Waals surface area (Å²) in [6.07, 6.45) is 0. The van der Waals surface area contributed by atoms with Crippen LogP contribution >= 0.6 is 24.0 Å². The van der Waals surface area contributed by atoms with Crippen molar-refractivity contribution >= 4 is 35.8 Å². The molecule has 0 saturated carbocycles. The lowest BCUT2D eigenvalue weighted by Gasteiger charge is -2.36. The zero-order chi connectivity index (χ0) is 17.5. The Kier molecular flexibility index (Phi) is 9.19. The number of amides is 1. The molecular weight excluding hydrogens is 435 g/mol. The van der Waals surface area contributed by atoms with Crippen LogP contribution in [-0.2, 0) is 11.3 Å². The molecule has 0 radical (unpaired) electrons. The standard InChI is InChI=1S/C16H28N6O2.HI/c1-12(2)19-15(23)10-18-16(17-4)22-7-5-21(6-8-22)11-14-9-13(3)24-20-14;/h9,12H,5-8,10-11H2,1-4H3,(H,17,18)(H,19,23);1H. The summed E-state index contributed by atoms with van der Waals surface area (Å²) >= 11 is 0. The Balaban J connectivity index is 0.00000312. The van der Waals surface area contributed by atoms with Gasteiger partial charge in [0.05, 0.1) is 12.2 Å². The molecular formula is C16H29IN6O2. The summed E-state index contributed by atoms with van der Waals surface area (Å²) in [5, 5.41) is 10.0. The van der Waals surface area contributed by atoms with E-state index < -0.39 is 0 Å². The summed E-state index contributed by atoms with van der Waals surface area (Å²) in [4.78, 5) is 20.5. The topological polar surface area (TPSA) is 86.0 Å². The number of aryl methyl sites for hydroxylation is 1. The van der Waals surface area contributed by atoms with Gasteiger partial charge in [0, 0.05) is 51.9 Å². The number of guanidine groups is 1. The van der Waals surface area contributed by atoms with Gasteiger partial charge in [-0.15, -0.1) is 24.0 Å². The molecule has 1 fully saturated rings. The van der Waals surface area contributed by atoms with Gasteiger partial charge in [0.2, 0.25) is 5.91 Å². The highest BCUT2D eigenvalue weighted by Crippen LogP contribution is 2.09. The molecule has 0 aromatic carbocycles. The highest BCUT2D eigenvalue weighted by atomic mass is 127. The van der Waals surface area contributed by atoms with Crippen LogP contribution in [0.4, 0.5) is 0 Å². The molecule has 9 heteroatoms. The van der Waals surface area contributed by atoms with Gasteiger partial charge in [0.15, 0.2) is 5.96 Å². The highest BCUT2D eigenvalue weighted by molar-refractivity contribution is 14.0. The molecule has 1 amide bonds. The summed E-state index contributed by atoms with van der Waals surface area (Å²) in [6.45, 7) is 10.4. The van der Waals surface area contributed by atoms with E-state index in [0.29, 0.717) is 0 Å². The maximum atomic E-state index is 11.7. The number of aromatic nitrogens is 1. The van der Waals surface area contributed by atoms with E-state index in [1.54, 1.807) is 7.05 Å². The summed E-state index contributed by atoms with van der Waals surface area (Å²) in [6, 6.07) is 2.12. The molecule has 142 valence electrons. The van der Waals surface area contributed by atoms with Crippen molar-refractivity contribution in [3.05, 3.63) is 17.5 Å². The second-order valence-corrected chi connectivity index (χ2v) is 6.32. The van der Waals surface area contributed by atoms with Crippen molar-refractivity contribution in [1.82, 2.24) is 25.6 Å². The van der Waals surface area contributed by atoms with Crippen LogP contribution in [0.15, 0.2) is 15.6 Å². The molecule has 0 spiro atoms. The van der Waals surface area contributed by atoms with Gasteiger partial charge < -0.3 is 20.1 Å². The van der Waals surface area contributed by atoms with Crippen molar-refractivity contribution < 1.29 is 9.32 Å². The molecule has 25 heavy (non-hydrogen) atoms. The molecule has 1 aromatic rings. The van der Waals surface area contributed by atoms with Gasteiger partial charge in [-0.2, -0.15) is 0 Å². The molecule has 1 aliphatic heterocycles. The fourth-order valence-corrected chi connectivity index (χ4v) is 2.70. The summed E-state index contributed by atoms with van der Waals surface area (Å²) in [5.74, 6) is 1.59. The number of nitrogens with one attached hydrogen (secondary N) is 2. The van der Waals surface area contributed by atoms with Gasteiger partial charge in [-0.25, -0.2) is 0 Å². The molecule has 0 atom stereocenters. The van der Waals surface area contributed by atoms with Crippen LogP contribution in [0, 0.1) is 6.92 Å². The zero-order valence-corrected chi connectivity index (χ0v) is 17.7. The Labute approximate surface area is 166 Å². The van der Waals surface area contributed by atoms with Gasteiger partial charge in [0.1, 0.15) is 5.76 Å². The van der Waals surface area contributed by atoms with E-state index >= 15 is 0 Å². The normalized spacial score (nSPS) is 15.9. The third-order valence-corrected chi connectivity index (χ3v) is 3.80. The van der Waals surface area contributed by atoms with Crippen molar-refractivity contribution in [1.29, 1.82) is 0 Å². The van der Waals surface area contributed by atoms with Gasteiger partial charge in [-0.3, -0.25) is 14.7 Å². The fourth-order valence-electron chi connectivity index (χ4n) is 2.70. The summed E-state index contributed by atoms with van der Waals surface area (Å²) in [7, 11) is 1.74. The fraction of sp³-hybridized carbons (Fsp3) is 0.688. The Morgan fingerprint density at radius 2 is 2.04 bits per heavy atom. The molecule has 1 aliphatic rings. The van der Waals surface area contributed by atoms with Crippen molar-refractivity contribution in [3.63, 3.8) is 0 Å². The SMILES string of the molecule is CN=C(NCC(=O)NC(C)C)N1CCN(Cc2cc(C)on2)CC1.I. The van der Waals surface area contributed by atoms with Gasteiger partial charge in [-0.05, 0) is 20.8 Å². The summed E-state index contributed by atoms with van der Waals surface area (Å²) in [5.41, 5.74) is 0.966. The van der Waals surface area contributed by atoms with E-state index in [0.717, 1.165) is 50.1 Å². The molecule has 0 bridgehead atoms. The minimum absolute atomic E-state index is 0. The predicted molar refractivity (Wildman–Crippen MR) is 108 cm³/mol. The molecule has 1 saturated heterocycles. The first-order valence-corrected chi connectivity index (χ1v) is 8.37. The molecule has 0 aliphatic carbocycles. The monoisotopic (exact) mass is 464 g/mol.